The van der Waals surface area contributed by atoms with Crippen molar-refractivity contribution in [3.63, 3.8) is 0 Å². The minimum atomic E-state index is -0.480. The minimum absolute atomic E-state index is 0.175. The van der Waals surface area contributed by atoms with Gasteiger partial charge in [-0.15, -0.1) is 0 Å². The largest absolute Gasteiger partial charge is 0.326 e. The molecule has 0 saturated carbocycles. The molecule has 1 N–H and O–H groups in total. The number of benzene rings is 1. The van der Waals surface area contributed by atoms with Crippen molar-refractivity contribution in [1.29, 1.82) is 0 Å². The molecular formula is C17H21FN4O. The molecule has 1 aliphatic heterocycles. The van der Waals surface area contributed by atoms with Gasteiger partial charge in [-0.2, -0.15) is 5.10 Å². The molecule has 0 fully saturated rings. The number of rotatable bonds is 3. The van der Waals surface area contributed by atoms with Crippen LogP contribution in [-0.4, -0.2) is 29.0 Å². The topological polar surface area (TPSA) is 50.2 Å². The molecule has 23 heavy (non-hydrogen) atoms. The van der Waals surface area contributed by atoms with Crippen LogP contribution >= 0.6 is 0 Å². The Morgan fingerprint density at radius 1 is 1.43 bits per heavy atom. The number of hydrogen-bond donors (Lipinski definition) is 1. The molecule has 6 heteroatoms. The number of alkyl halides is 1. The number of anilines is 2. The van der Waals surface area contributed by atoms with Crippen molar-refractivity contribution < 1.29 is 9.18 Å². The maximum atomic E-state index is 12.7. The van der Waals surface area contributed by atoms with E-state index in [4.69, 9.17) is 0 Å². The molecule has 1 aromatic heterocycles. The average Bonchev–Trinajstić information content (AvgIpc) is 2.91. The first-order valence-electron chi connectivity index (χ1n) is 7.95. The van der Waals surface area contributed by atoms with E-state index < -0.39 is 6.67 Å². The van der Waals surface area contributed by atoms with Crippen LogP contribution in [0.4, 0.5) is 20.6 Å². The molecule has 3 rings (SSSR count). The van der Waals surface area contributed by atoms with E-state index in [9.17, 15) is 9.18 Å². The molecule has 2 heterocycles. The number of aromatic nitrogens is 2. The number of nitrogens with zero attached hydrogens (tertiary/aromatic N) is 3. The number of aryl methyl sites for hydroxylation is 1. The number of amides is 2. The monoisotopic (exact) mass is 316 g/mol. The van der Waals surface area contributed by atoms with Gasteiger partial charge in [-0.1, -0.05) is 25.1 Å². The van der Waals surface area contributed by atoms with Crippen molar-refractivity contribution in [1.82, 2.24) is 9.78 Å². The zero-order chi connectivity index (χ0) is 16.2. The lowest BCUT2D eigenvalue weighted by molar-refractivity contribution is 0.257. The third-order valence-corrected chi connectivity index (χ3v) is 4.22. The highest BCUT2D eigenvalue weighted by molar-refractivity contribution is 6.02. The lowest BCUT2D eigenvalue weighted by Crippen LogP contribution is -2.35. The molecule has 1 atom stereocenters. The molecule has 2 amide bonds. The molecule has 0 spiro atoms. The van der Waals surface area contributed by atoms with Crippen molar-refractivity contribution in [3.8, 4) is 0 Å². The molecule has 1 unspecified atom stereocenters. The molecule has 2 aromatic rings. The van der Waals surface area contributed by atoms with Crippen LogP contribution in [0.15, 0.2) is 36.7 Å². The van der Waals surface area contributed by atoms with Crippen LogP contribution in [-0.2, 0) is 6.54 Å². The molecule has 122 valence electrons. The second-order valence-corrected chi connectivity index (χ2v) is 5.86. The first kappa shape index (κ1) is 15.5. The van der Waals surface area contributed by atoms with Gasteiger partial charge in [0.25, 0.3) is 0 Å². The van der Waals surface area contributed by atoms with Crippen LogP contribution in [0, 0.1) is 0 Å². The fraction of sp³-hybridized carbons (Fsp3) is 0.412. The van der Waals surface area contributed by atoms with Crippen LogP contribution in [0.5, 0.6) is 0 Å². The maximum Gasteiger partial charge on any atom is 0.326 e. The third-order valence-electron chi connectivity index (χ3n) is 4.22. The van der Waals surface area contributed by atoms with Gasteiger partial charge in [-0.05, 0) is 30.4 Å². The lowest BCUT2D eigenvalue weighted by atomic mass is 9.96. The van der Waals surface area contributed by atoms with Gasteiger partial charge in [0.2, 0.25) is 0 Å². The van der Waals surface area contributed by atoms with E-state index in [1.807, 2.05) is 18.2 Å². The Hall–Kier alpha value is -2.37. The van der Waals surface area contributed by atoms with Gasteiger partial charge in [0.1, 0.15) is 6.67 Å². The van der Waals surface area contributed by atoms with E-state index >= 15 is 0 Å². The quantitative estimate of drug-likeness (QED) is 0.936. The second kappa shape index (κ2) is 6.81. The number of hydrogen-bond acceptors (Lipinski definition) is 2. The highest BCUT2D eigenvalue weighted by atomic mass is 19.1. The van der Waals surface area contributed by atoms with Crippen LogP contribution in [0.25, 0.3) is 0 Å². The summed E-state index contributed by atoms with van der Waals surface area (Å²) in [7, 11) is 0. The predicted octanol–water partition coefficient (Wildman–Crippen LogP) is 3.79. The van der Waals surface area contributed by atoms with E-state index in [1.165, 1.54) is 10.2 Å². The number of nitrogens with one attached hydrogen (secondary N) is 1. The Kier molecular flexibility index (Phi) is 4.60. The first-order chi connectivity index (χ1) is 11.2. The summed E-state index contributed by atoms with van der Waals surface area (Å²) in [6, 6.07) is 7.87. The van der Waals surface area contributed by atoms with Gasteiger partial charge in [-0.25, -0.2) is 9.18 Å². The molecule has 5 nitrogen and oxygen atoms in total. The Bertz CT molecular complexity index is 685. The molecule has 0 radical (unpaired) electrons. The van der Waals surface area contributed by atoms with Gasteiger partial charge in [0.15, 0.2) is 0 Å². The van der Waals surface area contributed by atoms with E-state index in [1.54, 1.807) is 17.3 Å². The van der Waals surface area contributed by atoms with Gasteiger partial charge >= 0.3 is 6.03 Å². The highest BCUT2D eigenvalue weighted by Gasteiger charge is 2.24. The average molecular weight is 316 g/mol. The van der Waals surface area contributed by atoms with Crippen LogP contribution in [0.2, 0.25) is 0 Å². The second-order valence-electron chi connectivity index (χ2n) is 5.86. The van der Waals surface area contributed by atoms with Crippen LogP contribution < -0.4 is 10.2 Å². The summed E-state index contributed by atoms with van der Waals surface area (Å²) >= 11 is 0. The van der Waals surface area contributed by atoms with Crippen molar-refractivity contribution >= 4 is 17.4 Å². The zero-order valence-electron chi connectivity index (χ0n) is 13.2. The lowest BCUT2D eigenvalue weighted by Gasteiger charge is -2.23. The van der Waals surface area contributed by atoms with E-state index in [-0.39, 0.29) is 12.6 Å². The molecule has 1 aliphatic rings. The van der Waals surface area contributed by atoms with Gasteiger partial charge < -0.3 is 5.32 Å². The SMILES string of the molecule is CC1CCCN(C(=O)Nc2cnn(CCF)c2)c2ccccc21. The summed E-state index contributed by atoms with van der Waals surface area (Å²) in [6.07, 6.45) is 5.21. The molecule has 0 aliphatic carbocycles. The Balaban J connectivity index is 1.79. The van der Waals surface area contributed by atoms with E-state index in [2.05, 4.69) is 23.4 Å². The Morgan fingerprint density at radius 2 is 2.26 bits per heavy atom. The number of halogens is 1. The molecule has 0 bridgehead atoms. The Labute approximate surface area is 135 Å². The van der Waals surface area contributed by atoms with Gasteiger partial charge in [-0.3, -0.25) is 9.58 Å². The predicted molar refractivity (Wildman–Crippen MR) is 88.7 cm³/mol. The van der Waals surface area contributed by atoms with Crippen molar-refractivity contribution in [3.05, 3.63) is 42.2 Å². The minimum Gasteiger partial charge on any atom is -0.305 e. The fourth-order valence-electron chi connectivity index (χ4n) is 3.02. The standard InChI is InChI=1S/C17H21FN4O/c1-13-5-4-9-22(16-7-3-2-6-15(13)16)17(23)20-14-11-19-21(12-14)10-8-18/h2-3,6-7,11-13H,4-5,8-10H2,1H3,(H,20,23). The number of fused-ring (bicyclic) bond motifs is 1. The fourth-order valence-corrected chi connectivity index (χ4v) is 3.02. The normalized spacial score (nSPS) is 17.5. The Morgan fingerprint density at radius 3 is 3.09 bits per heavy atom. The van der Waals surface area contributed by atoms with Gasteiger partial charge in [0, 0.05) is 18.4 Å². The number of urea groups is 1. The highest BCUT2D eigenvalue weighted by Crippen LogP contribution is 2.34. The summed E-state index contributed by atoms with van der Waals surface area (Å²) in [5, 5.41) is 6.88. The summed E-state index contributed by atoms with van der Waals surface area (Å²) in [5.41, 5.74) is 2.75. The summed E-state index contributed by atoms with van der Waals surface area (Å²) in [4.78, 5) is 14.4. The first-order valence-corrected chi connectivity index (χ1v) is 7.95. The van der Waals surface area contributed by atoms with Gasteiger partial charge in [0.05, 0.1) is 18.4 Å². The van der Waals surface area contributed by atoms with E-state index in [0.717, 1.165) is 18.5 Å². The third kappa shape index (κ3) is 3.36. The smallest absolute Gasteiger partial charge is 0.305 e. The number of para-hydroxylation sites is 1. The van der Waals surface area contributed by atoms with Crippen molar-refractivity contribution in [2.24, 2.45) is 0 Å². The van der Waals surface area contributed by atoms with Crippen LogP contribution in [0.3, 0.4) is 0 Å². The zero-order valence-corrected chi connectivity index (χ0v) is 13.2. The summed E-state index contributed by atoms with van der Waals surface area (Å²) in [6.45, 7) is 2.60. The van der Waals surface area contributed by atoms with Crippen molar-refractivity contribution in [2.75, 3.05) is 23.4 Å². The van der Waals surface area contributed by atoms with E-state index in [0.29, 0.717) is 18.2 Å². The molecular weight excluding hydrogens is 295 g/mol. The molecule has 1 aromatic carbocycles. The molecule has 0 saturated heterocycles. The number of carbonyl (C=O) groups is 1. The summed E-state index contributed by atoms with van der Waals surface area (Å²) in [5.74, 6) is 0.441. The summed E-state index contributed by atoms with van der Waals surface area (Å²) < 4.78 is 13.8. The number of carbonyl (C=O) groups excluding carboxylic acids is 1. The van der Waals surface area contributed by atoms with Crippen molar-refractivity contribution in [2.45, 2.75) is 32.2 Å². The maximum absolute atomic E-state index is 12.7. The van der Waals surface area contributed by atoms with Crippen LogP contribution in [0.1, 0.15) is 31.2 Å².